The molecule has 208 valence electrons. The number of carbonyl (C=O) groups excluding carboxylic acids is 1. The lowest BCUT2D eigenvalue weighted by molar-refractivity contribution is 0.0728. The number of carbonyl (C=O) groups is 1. The summed E-state index contributed by atoms with van der Waals surface area (Å²) in [5.74, 6) is -5.02. The molecule has 0 heterocycles. The van der Waals surface area contributed by atoms with E-state index in [1.54, 1.807) is 12.1 Å². The molecule has 0 bridgehead atoms. The molecule has 3 nitrogen and oxygen atoms in total. The first kappa shape index (κ1) is 28.7. The molecule has 4 rings (SSSR count). The average molecular weight is 543 g/mol. The van der Waals surface area contributed by atoms with Crippen molar-refractivity contribution in [3.63, 3.8) is 0 Å². The molecular weight excluding hydrogens is 508 g/mol. The van der Waals surface area contributed by atoms with E-state index in [1.807, 2.05) is 0 Å². The minimum Gasteiger partial charge on any atom is -0.490 e. The van der Waals surface area contributed by atoms with Crippen molar-refractivity contribution in [3.8, 4) is 22.6 Å². The molecular formula is C32H34F4O3. The molecule has 0 amide bonds. The molecule has 1 saturated carbocycles. The maximum Gasteiger partial charge on any atom is 0.346 e. The van der Waals surface area contributed by atoms with Gasteiger partial charge in [0.2, 0.25) is 5.82 Å². The lowest BCUT2D eigenvalue weighted by Gasteiger charge is -2.27. The number of esters is 1. The number of benzene rings is 3. The largest absolute Gasteiger partial charge is 0.490 e. The second-order valence-corrected chi connectivity index (χ2v) is 10.3. The summed E-state index contributed by atoms with van der Waals surface area (Å²) in [6, 6.07) is 11.3. The zero-order chi connectivity index (χ0) is 27.9. The van der Waals surface area contributed by atoms with E-state index in [4.69, 9.17) is 9.47 Å². The van der Waals surface area contributed by atoms with Crippen LogP contribution >= 0.6 is 0 Å². The zero-order valence-electron chi connectivity index (χ0n) is 22.4. The summed E-state index contributed by atoms with van der Waals surface area (Å²) in [6.07, 6.45) is 7.41. The summed E-state index contributed by atoms with van der Waals surface area (Å²) in [4.78, 5) is 12.5. The topological polar surface area (TPSA) is 35.5 Å². The van der Waals surface area contributed by atoms with E-state index in [1.165, 1.54) is 30.3 Å². The fraction of sp³-hybridized carbons (Fsp3) is 0.406. The van der Waals surface area contributed by atoms with Gasteiger partial charge in [-0.25, -0.2) is 18.0 Å². The van der Waals surface area contributed by atoms with Crippen LogP contribution < -0.4 is 9.47 Å². The van der Waals surface area contributed by atoms with Gasteiger partial charge in [-0.15, -0.1) is 0 Å². The van der Waals surface area contributed by atoms with Crippen molar-refractivity contribution in [2.75, 3.05) is 6.61 Å². The fourth-order valence-corrected chi connectivity index (χ4v) is 5.05. The summed E-state index contributed by atoms with van der Waals surface area (Å²) in [7, 11) is 0. The van der Waals surface area contributed by atoms with E-state index in [9.17, 15) is 18.0 Å². The van der Waals surface area contributed by atoms with Crippen LogP contribution in [0.1, 0.15) is 87.1 Å². The van der Waals surface area contributed by atoms with Crippen LogP contribution in [0.2, 0.25) is 0 Å². The van der Waals surface area contributed by atoms with Gasteiger partial charge >= 0.3 is 5.97 Å². The van der Waals surface area contributed by atoms with Crippen molar-refractivity contribution in [1.29, 1.82) is 0 Å². The van der Waals surface area contributed by atoms with Crippen molar-refractivity contribution in [2.45, 2.75) is 71.1 Å². The summed E-state index contributed by atoms with van der Waals surface area (Å²) in [5.41, 5.74) is 0.330. The number of unbranched alkanes of at least 4 members (excludes halogenated alkanes) is 3. The van der Waals surface area contributed by atoms with Crippen molar-refractivity contribution in [3.05, 3.63) is 82.9 Å². The normalized spacial score (nSPS) is 17.2. The van der Waals surface area contributed by atoms with E-state index in [0.29, 0.717) is 17.0 Å². The Morgan fingerprint density at radius 3 is 2.21 bits per heavy atom. The standard InChI is InChI=1S/C32H34F4O3/c1-3-4-5-6-19-38-27-18-17-26(30(35)31(27)36)32(37)39-23-13-11-22(12-14-23)25-16-15-24(28(33)29(25)34)21-9-7-20(2)8-10-21/h11-18,20-21H,3-10,19H2,1-2H3. The van der Waals surface area contributed by atoms with Gasteiger partial charge in [0.15, 0.2) is 23.2 Å². The first-order chi connectivity index (χ1) is 18.8. The second-order valence-electron chi connectivity index (χ2n) is 10.3. The lowest BCUT2D eigenvalue weighted by Crippen LogP contribution is -2.13. The minimum atomic E-state index is -1.35. The lowest BCUT2D eigenvalue weighted by atomic mass is 9.79. The zero-order valence-corrected chi connectivity index (χ0v) is 22.4. The molecule has 0 aliphatic heterocycles. The third-order valence-corrected chi connectivity index (χ3v) is 7.47. The molecule has 1 aliphatic rings. The van der Waals surface area contributed by atoms with E-state index < -0.39 is 34.8 Å². The van der Waals surface area contributed by atoms with Crippen molar-refractivity contribution < 1.29 is 31.8 Å². The van der Waals surface area contributed by atoms with Gasteiger partial charge in [0.05, 0.1) is 12.2 Å². The first-order valence-electron chi connectivity index (χ1n) is 13.7. The van der Waals surface area contributed by atoms with Gasteiger partial charge in [-0.2, -0.15) is 4.39 Å². The van der Waals surface area contributed by atoms with Gasteiger partial charge in [0.25, 0.3) is 0 Å². The highest BCUT2D eigenvalue weighted by atomic mass is 19.2. The summed E-state index contributed by atoms with van der Waals surface area (Å²) < 4.78 is 69.5. The Labute approximate surface area is 227 Å². The van der Waals surface area contributed by atoms with Gasteiger partial charge in [0, 0.05) is 5.56 Å². The Morgan fingerprint density at radius 2 is 1.51 bits per heavy atom. The Kier molecular flexibility index (Phi) is 9.65. The third kappa shape index (κ3) is 6.81. The van der Waals surface area contributed by atoms with Gasteiger partial charge < -0.3 is 9.47 Å². The van der Waals surface area contributed by atoms with Crippen LogP contribution in [-0.4, -0.2) is 12.6 Å². The Hall–Kier alpha value is -3.35. The van der Waals surface area contributed by atoms with Crippen LogP contribution in [0.4, 0.5) is 17.6 Å². The number of rotatable bonds is 10. The Balaban J connectivity index is 1.42. The van der Waals surface area contributed by atoms with Gasteiger partial charge in [-0.05, 0) is 66.5 Å². The highest BCUT2D eigenvalue weighted by Crippen LogP contribution is 2.39. The van der Waals surface area contributed by atoms with Crippen LogP contribution in [0.25, 0.3) is 11.1 Å². The van der Waals surface area contributed by atoms with Gasteiger partial charge in [0.1, 0.15) is 5.75 Å². The molecule has 1 aliphatic carbocycles. The van der Waals surface area contributed by atoms with Crippen LogP contribution in [0, 0.1) is 29.2 Å². The molecule has 1 fully saturated rings. The average Bonchev–Trinajstić information content (AvgIpc) is 2.93. The predicted molar refractivity (Wildman–Crippen MR) is 143 cm³/mol. The molecule has 0 spiro atoms. The van der Waals surface area contributed by atoms with Crippen LogP contribution in [0.5, 0.6) is 11.5 Å². The SMILES string of the molecule is CCCCCCOc1ccc(C(=O)Oc2ccc(-c3ccc(C4CCC(C)CC4)c(F)c3F)cc2)c(F)c1F. The summed E-state index contributed by atoms with van der Waals surface area (Å²) >= 11 is 0. The van der Waals surface area contributed by atoms with E-state index in [-0.39, 0.29) is 29.6 Å². The van der Waals surface area contributed by atoms with E-state index in [2.05, 4.69) is 13.8 Å². The first-order valence-corrected chi connectivity index (χ1v) is 13.7. The summed E-state index contributed by atoms with van der Waals surface area (Å²) in [5, 5.41) is 0. The molecule has 3 aromatic carbocycles. The van der Waals surface area contributed by atoms with Crippen molar-refractivity contribution in [2.24, 2.45) is 5.92 Å². The Morgan fingerprint density at radius 1 is 0.795 bits per heavy atom. The van der Waals surface area contributed by atoms with E-state index >= 15 is 4.39 Å². The molecule has 3 aromatic rings. The molecule has 0 atom stereocenters. The maximum atomic E-state index is 15.0. The maximum absolute atomic E-state index is 15.0. The minimum absolute atomic E-state index is 0.0168. The van der Waals surface area contributed by atoms with Crippen LogP contribution in [0.3, 0.4) is 0 Å². The van der Waals surface area contributed by atoms with Crippen molar-refractivity contribution >= 4 is 5.97 Å². The highest BCUT2D eigenvalue weighted by Gasteiger charge is 2.25. The van der Waals surface area contributed by atoms with Crippen molar-refractivity contribution in [1.82, 2.24) is 0 Å². The Bertz CT molecular complexity index is 1280. The molecule has 0 radical (unpaired) electrons. The summed E-state index contributed by atoms with van der Waals surface area (Å²) in [6.45, 7) is 4.49. The molecule has 7 heteroatoms. The fourth-order valence-electron chi connectivity index (χ4n) is 5.05. The van der Waals surface area contributed by atoms with Crippen LogP contribution in [-0.2, 0) is 0 Å². The monoisotopic (exact) mass is 542 g/mol. The predicted octanol–water partition coefficient (Wildman–Crippen LogP) is 9.38. The molecule has 0 aromatic heterocycles. The smallest absolute Gasteiger partial charge is 0.346 e. The quantitative estimate of drug-likeness (QED) is 0.111. The third-order valence-electron chi connectivity index (χ3n) is 7.47. The molecule has 0 N–H and O–H groups in total. The van der Waals surface area contributed by atoms with Crippen LogP contribution in [0.15, 0.2) is 48.5 Å². The molecule has 0 unspecified atom stereocenters. The number of ether oxygens (including phenoxy) is 2. The van der Waals surface area contributed by atoms with Gasteiger partial charge in [-0.3, -0.25) is 0 Å². The number of hydrogen-bond acceptors (Lipinski definition) is 3. The van der Waals surface area contributed by atoms with E-state index in [0.717, 1.165) is 57.4 Å². The van der Waals surface area contributed by atoms with Gasteiger partial charge in [-0.1, -0.05) is 70.2 Å². The number of halogens is 4. The second kappa shape index (κ2) is 13.1. The highest BCUT2D eigenvalue weighted by molar-refractivity contribution is 5.91. The molecule has 0 saturated heterocycles. The number of hydrogen-bond donors (Lipinski definition) is 0. The molecule has 39 heavy (non-hydrogen) atoms.